The molecule has 0 bridgehead atoms. The van der Waals surface area contributed by atoms with Gasteiger partial charge in [0.05, 0.1) is 10.6 Å². The Labute approximate surface area is 134 Å². The van der Waals surface area contributed by atoms with Gasteiger partial charge >= 0.3 is 0 Å². The summed E-state index contributed by atoms with van der Waals surface area (Å²) in [6.45, 7) is 2.94. The topological polar surface area (TPSA) is 49.8 Å². The number of ether oxygens (including phenoxy) is 1. The van der Waals surface area contributed by atoms with Crippen LogP contribution in [-0.4, -0.2) is 41.2 Å². The van der Waals surface area contributed by atoms with Gasteiger partial charge < -0.3 is 14.7 Å². The van der Waals surface area contributed by atoms with Crippen LogP contribution in [0.4, 0.5) is 0 Å². The van der Waals surface area contributed by atoms with Crippen LogP contribution >= 0.6 is 23.2 Å². The van der Waals surface area contributed by atoms with Gasteiger partial charge in [0.15, 0.2) is 6.61 Å². The Morgan fingerprint density at radius 3 is 2.86 bits per heavy atom. The third-order valence-electron chi connectivity index (χ3n) is 3.66. The first-order valence-corrected chi connectivity index (χ1v) is 7.71. The SMILES string of the molecule is CC1(O)CCCN(C(=O)COc2ccc(Cl)cc2Cl)CC1. The number of halogens is 2. The van der Waals surface area contributed by atoms with Gasteiger partial charge in [0.25, 0.3) is 5.91 Å². The molecule has 0 aromatic heterocycles. The fourth-order valence-electron chi connectivity index (χ4n) is 2.34. The first kappa shape index (κ1) is 16.4. The molecule has 0 aliphatic carbocycles. The standard InChI is InChI=1S/C15H19Cl2NO3/c1-15(20)5-2-7-18(8-6-15)14(19)10-21-13-4-3-11(16)9-12(13)17/h3-4,9,20H,2,5-8,10H2,1H3. The molecule has 21 heavy (non-hydrogen) atoms. The summed E-state index contributed by atoms with van der Waals surface area (Å²) in [6.07, 6.45) is 2.08. The number of hydrogen-bond acceptors (Lipinski definition) is 3. The number of carbonyl (C=O) groups is 1. The monoisotopic (exact) mass is 331 g/mol. The number of aliphatic hydroxyl groups is 1. The zero-order valence-electron chi connectivity index (χ0n) is 11.9. The van der Waals surface area contributed by atoms with E-state index in [9.17, 15) is 9.90 Å². The average Bonchev–Trinajstić information content (AvgIpc) is 2.58. The first-order chi connectivity index (χ1) is 9.87. The van der Waals surface area contributed by atoms with Gasteiger partial charge in [-0.3, -0.25) is 4.79 Å². The van der Waals surface area contributed by atoms with Crippen LogP contribution in [0.15, 0.2) is 18.2 Å². The predicted octanol–water partition coefficient (Wildman–Crippen LogP) is 3.14. The Hall–Kier alpha value is -0.970. The maximum atomic E-state index is 12.2. The van der Waals surface area contributed by atoms with Gasteiger partial charge in [0.2, 0.25) is 0 Å². The minimum absolute atomic E-state index is 0.0660. The second-order valence-electron chi connectivity index (χ2n) is 5.59. The van der Waals surface area contributed by atoms with Crippen molar-refractivity contribution in [2.75, 3.05) is 19.7 Å². The first-order valence-electron chi connectivity index (χ1n) is 6.95. The van der Waals surface area contributed by atoms with Crippen LogP contribution in [0.5, 0.6) is 5.75 Å². The van der Waals surface area contributed by atoms with Crippen molar-refractivity contribution < 1.29 is 14.6 Å². The number of carbonyl (C=O) groups excluding carboxylic acids is 1. The van der Waals surface area contributed by atoms with E-state index in [1.54, 1.807) is 23.1 Å². The molecule has 1 aromatic carbocycles. The molecule has 0 saturated carbocycles. The van der Waals surface area contributed by atoms with E-state index in [1.165, 1.54) is 0 Å². The molecule has 1 atom stereocenters. The second kappa shape index (κ2) is 6.86. The lowest BCUT2D eigenvalue weighted by Crippen LogP contribution is -2.36. The van der Waals surface area contributed by atoms with E-state index in [4.69, 9.17) is 27.9 Å². The average molecular weight is 332 g/mol. The highest BCUT2D eigenvalue weighted by Crippen LogP contribution is 2.27. The van der Waals surface area contributed by atoms with Crippen molar-refractivity contribution in [1.29, 1.82) is 0 Å². The van der Waals surface area contributed by atoms with Gasteiger partial charge in [0, 0.05) is 18.1 Å². The molecule has 1 N–H and O–H groups in total. The second-order valence-corrected chi connectivity index (χ2v) is 6.44. The number of likely N-dealkylation sites (tertiary alicyclic amines) is 1. The molecular weight excluding hydrogens is 313 g/mol. The van der Waals surface area contributed by atoms with Gasteiger partial charge in [-0.05, 0) is 44.4 Å². The molecular formula is C15H19Cl2NO3. The number of hydrogen-bond donors (Lipinski definition) is 1. The summed E-state index contributed by atoms with van der Waals surface area (Å²) in [6, 6.07) is 4.88. The van der Waals surface area contributed by atoms with E-state index >= 15 is 0 Å². The third-order valence-corrected chi connectivity index (χ3v) is 4.19. The summed E-state index contributed by atoms with van der Waals surface area (Å²) in [5.74, 6) is 0.343. The molecule has 1 saturated heterocycles. The molecule has 1 unspecified atom stereocenters. The Bertz CT molecular complexity index is 520. The van der Waals surface area contributed by atoms with Crippen molar-refractivity contribution in [2.45, 2.75) is 31.8 Å². The van der Waals surface area contributed by atoms with E-state index in [2.05, 4.69) is 0 Å². The molecule has 116 valence electrons. The summed E-state index contributed by atoms with van der Waals surface area (Å²) in [5.41, 5.74) is -0.685. The largest absolute Gasteiger partial charge is 0.482 e. The van der Waals surface area contributed by atoms with Crippen LogP contribution in [0.2, 0.25) is 10.0 Å². The summed E-state index contributed by atoms with van der Waals surface area (Å²) in [4.78, 5) is 13.9. The van der Waals surface area contributed by atoms with Crippen molar-refractivity contribution >= 4 is 29.1 Å². The highest BCUT2D eigenvalue weighted by Gasteiger charge is 2.27. The minimum Gasteiger partial charge on any atom is -0.482 e. The van der Waals surface area contributed by atoms with Gasteiger partial charge in [-0.2, -0.15) is 0 Å². The highest BCUT2D eigenvalue weighted by atomic mass is 35.5. The molecule has 2 rings (SSSR count). The summed E-state index contributed by atoms with van der Waals surface area (Å²) >= 11 is 11.8. The molecule has 4 nitrogen and oxygen atoms in total. The van der Waals surface area contributed by atoms with Crippen LogP contribution in [0.25, 0.3) is 0 Å². The molecule has 1 fully saturated rings. The molecule has 1 aromatic rings. The Morgan fingerprint density at radius 2 is 2.14 bits per heavy atom. The molecule has 1 heterocycles. The number of amides is 1. The number of rotatable bonds is 3. The fourth-order valence-corrected chi connectivity index (χ4v) is 2.80. The van der Waals surface area contributed by atoms with E-state index in [0.717, 1.165) is 6.42 Å². The Kier molecular flexibility index (Phi) is 5.36. The normalized spacial score (nSPS) is 22.8. The minimum atomic E-state index is -0.685. The Morgan fingerprint density at radius 1 is 1.38 bits per heavy atom. The molecule has 1 amide bonds. The zero-order chi connectivity index (χ0) is 15.5. The summed E-state index contributed by atoms with van der Waals surface area (Å²) in [5, 5.41) is 10.9. The van der Waals surface area contributed by atoms with Crippen molar-refractivity contribution in [1.82, 2.24) is 4.90 Å². The highest BCUT2D eigenvalue weighted by molar-refractivity contribution is 6.35. The van der Waals surface area contributed by atoms with Gasteiger partial charge in [-0.15, -0.1) is 0 Å². The number of benzene rings is 1. The zero-order valence-corrected chi connectivity index (χ0v) is 13.5. The van der Waals surface area contributed by atoms with Crippen molar-refractivity contribution in [3.05, 3.63) is 28.2 Å². The molecule has 1 aliphatic heterocycles. The van der Waals surface area contributed by atoms with Gasteiger partial charge in [0.1, 0.15) is 5.75 Å². The van der Waals surface area contributed by atoms with E-state index < -0.39 is 5.60 Å². The molecule has 0 spiro atoms. The van der Waals surface area contributed by atoms with Crippen LogP contribution in [0.1, 0.15) is 26.2 Å². The lowest BCUT2D eigenvalue weighted by molar-refractivity contribution is -0.133. The third kappa shape index (κ3) is 4.77. The van der Waals surface area contributed by atoms with Gasteiger partial charge in [-0.25, -0.2) is 0 Å². The Balaban J connectivity index is 1.89. The van der Waals surface area contributed by atoms with E-state index in [1.807, 2.05) is 6.92 Å². The number of nitrogens with zero attached hydrogens (tertiary/aromatic N) is 1. The molecule has 0 radical (unpaired) electrons. The van der Waals surface area contributed by atoms with Crippen LogP contribution in [0.3, 0.4) is 0 Å². The fraction of sp³-hybridized carbons (Fsp3) is 0.533. The van der Waals surface area contributed by atoms with Crippen molar-refractivity contribution in [3.63, 3.8) is 0 Å². The van der Waals surface area contributed by atoms with E-state index in [0.29, 0.717) is 41.7 Å². The molecule has 6 heteroatoms. The van der Waals surface area contributed by atoms with Crippen LogP contribution < -0.4 is 4.74 Å². The van der Waals surface area contributed by atoms with Crippen molar-refractivity contribution in [3.8, 4) is 5.75 Å². The maximum absolute atomic E-state index is 12.2. The summed E-state index contributed by atoms with van der Waals surface area (Å²) < 4.78 is 5.46. The van der Waals surface area contributed by atoms with E-state index in [-0.39, 0.29) is 12.5 Å². The van der Waals surface area contributed by atoms with Crippen LogP contribution in [0, 0.1) is 0 Å². The lowest BCUT2D eigenvalue weighted by atomic mass is 9.98. The van der Waals surface area contributed by atoms with Crippen molar-refractivity contribution in [2.24, 2.45) is 0 Å². The lowest BCUT2D eigenvalue weighted by Gasteiger charge is -2.22. The van der Waals surface area contributed by atoms with Crippen LogP contribution in [-0.2, 0) is 4.79 Å². The molecule has 1 aliphatic rings. The smallest absolute Gasteiger partial charge is 0.260 e. The quantitative estimate of drug-likeness (QED) is 0.925. The maximum Gasteiger partial charge on any atom is 0.260 e. The van der Waals surface area contributed by atoms with Gasteiger partial charge in [-0.1, -0.05) is 23.2 Å². The predicted molar refractivity (Wildman–Crippen MR) is 83.0 cm³/mol. The summed E-state index contributed by atoms with van der Waals surface area (Å²) in [7, 11) is 0.